The van der Waals surface area contributed by atoms with Crippen molar-refractivity contribution >= 4 is 23.3 Å². The molecule has 7 heteroatoms. The number of nitro groups is 1. The molecule has 0 aliphatic heterocycles. The highest BCUT2D eigenvalue weighted by Crippen LogP contribution is 2.27. The number of hydrogen-bond donors (Lipinski definition) is 1. The second-order valence-electron chi connectivity index (χ2n) is 3.24. The van der Waals surface area contributed by atoms with Crippen LogP contribution in [0.1, 0.15) is 6.92 Å². The first kappa shape index (κ1) is 12.6. The van der Waals surface area contributed by atoms with Gasteiger partial charge in [-0.1, -0.05) is 12.1 Å². The van der Waals surface area contributed by atoms with E-state index in [0.29, 0.717) is 0 Å². The van der Waals surface area contributed by atoms with Crippen LogP contribution < -0.4 is 4.90 Å². The zero-order valence-electron chi connectivity index (χ0n) is 8.99. The first-order valence-corrected chi connectivity index (χ1v) is 4.66. The molecule has 0 radical (unpaired) electrons. The minimum atomic E-state index is -1.24. The molecule has 1 aromatic carbocycles. The van der Waals surface area contributed by atoms with Crippen molar-refractivity contribution in [3.63, 3.8) is 0 Å². The topological polar surface area (TPSA) is 101 Å². The molecule has 1 rings (SSSR count). The van der Waals surface area contributed by atoms with Crippen LogP contribution in [-0.2, 0) is 9.59 Å². The van der Waals surface area contributed by atoms with Crippen LogP contribution in [0.15, 0.2) is 24.3 Å². The summed E-state index contributed by atoms with van der Waals surface area (Å²) in [6, 6.07) is 5.50. The molecule has 1 aromatic rings. The van der Waals surface area contributed by atoms with Crippen LogP contribution in [0.3, 0.4) is 0 Å². The van der Waals surface area contributed by atoms with Crippen molar-refractivity contribution in [2.75, 3.05) is 11.4 Å². The summed E-state index contributed by atoms with van der Waals surface area (Å²) in [5.41, 5.74) is -0.323. The summed E-state index contributed by atoms with van der Waals surface area (Å²) in [5.74, 6) is -1.81. The van der Waals surface area contributed by atoms with E-state index in [2.05, 4.69) is 0 Å². The highest BCUT2D eigenvalue weighted by molar-refractivity contribution is 5.97. The van der Waals surface area contributed by atoms with E-state index in [0.717, 1.165) is 11.8 Å². The fourth-order valence-electron chi connectivity index (χ4n) is 1.35. The second kappa shape index (κ2) is 5.06. The van der Waals surface area contributed by atoms with Gasteiger partial charge in [-0.3, -0.25) is 24.6 Å². The highest BCUT2D eigenvalue weighted by Gasteiger charge is 2.23. The van der Waals surface area contributed by atoms with Gasteiger partial charge in [0.2, 0.25) is 5.91 Å². The van der Waals surface area contributed by atoms with Crippen molar-refractivity contribution in [1.82, 2.24) is 0 Å². The SMILES string of the molecule is CC(=O)N(CC(=O)O)c1ccccc1[N+](=O)[O-]. The van der Waals surface area contributed by atoms with Gasteiger partial charge in [-0.05, 0) is 6.07 Å². The maximum absolute atomic E-state index is 11.3. The van der Waals surface area contributed by atoms with E-state index < -0.39 is 23.3 Å². The summed E-state index contributed by atoms with van der Waals surface area (Å²) in [7, 11) is 0. The standard InChI is InChI=1S/C10H10N2O5/c1-7(13)11(6-10(14)15)8-4-2-3-5-9(8)12(16)17/h2-5H,6H2,1H3,(H,14,15). The average Bonchev–Trinajstić information content (AvgIpc) is 2.25. The number of nitro benzene ring substituents is 1. The predicted molar refractivity (Wildman–Crippen MR) is 58.8 cm³/mol. The smallest absolute Gasteiger partial charge is 0.323 e. The molecule has 0 unspecified atom stereocenters. The molecule has 0 saturated carbocycles. The quantitative estimate of drug-likeness (QED) is 0.623. The molecular formula is C10H10N2O5. The molecule has 0 aliphatic carbocycles. The zero-order valence-corrected chi connectivity index (χ0v) is 8.99. The molecular weight excluding hydrogens is 228 g/mol. The van der Waals surface area contributed by atoms with E-state index in [4.69, 9.17) is 5.11 Å². The molecule has 0 aromatic heterocycles. The summed E-state index contributed by atoms with van der Waals surface area (Å²) in [6.07, 6.45) is 0. The van der Waals surface area contributed by atoms with Crippen molar-refractivity contribution in [2.45, 2.75) is 6.92 Å². The van der Waals surface area contributed by atoms with Crippen molar-refractivity contribution in [3.8, 4) is 0 Å². The van der Waals surface area contributed by atoms with Crippen molar-refractivity contribution in [3.05, 3.63) is 34.4 Å². The lowest BCUT2D eigenvalue weighted by Crippen LogP contribution is -2.34. The van der Waals surface area contributed by atoms with E-state index >= 15 is 0 Å². The van der Waals surface area contributed by atoms with Gasteiger partial charge in [0.15, 0.2) is 0 Å². The Morgan fingerprint density at radius 3 is 2.47 bits per heavy atom. The van der Waals surface area contributed by atoms with Gasteiger partial charge in [-0.25, -0.2) is 0 Å². The lowest BCUT2D eigenvalue weighted by Gasteiger charge is -2.18. The van der Waals surface area contributed by atoms with Crippen molar-refractivity contribution in [1.29, 1.82) is 0 Å². The summed E-state index contributed by atoms with van der Waals surface area (Å²) < 4.78 is 0. The molecule has 0 saturated heterocycles. The highest BCUT2D eigenvalue weighted by atomic mass is 16.6. The fourth-order valence-corrected chi connectivity index (χ4v) is 1.35. The summed E-state index contributed by atoms with van der Waals surface area (Å²) in [6.45, 7) is 0.542. The Morgan fingerprint density at radius 1 is 1.41 bits per heavy atom. The number of carbonyl (C=O) groups is 2. The van der Waals surface area contributed by atoms with Crippen LogP contribution in [0.2, 0.25) is 0 Å². The molecule has 1 N–H and O–H groups in total. The zero-order chi connectivity index (χ0) is 13.0. The molecule has 90 valence electrons. The minimum absolute atomic E-state index is 0.0209. The Labute approximate surface area is 96.4 Å². The second-order valence-corrected chi connectivity index (χ2v) is 3.24. The van der Waals surface area contributed by atoms with Crippen LogP contribution in [0.5, 0.6) is 0 Å². The number of carboxylic acid groups (broad SMARTS) is 1. The molecule has 0 spiro atoms. The Balaban J connectivity index is 3.22. The van der Waals surface area contributed by atoms with Crippen LogP contribution in [-0.4, -0.2) is 28.5 Å². The van der Waals surface area contributed by atoms with Crippen molar-refractivity contribution in [2.24, 2.45) is 0 Å². The number of nitrogens with zero attached hydrogens (tertiary/aromatic N) is 2. The van der Waals surface area contributed by atoms with Crippen molar-refractivity contribution < 1.29 is 19.6 Å². The molecule has 0 heterocycles. The van der Waals surface area contributed by atoms with Gasteiger partial charge < -0.3 is 5.11 Å². The number of benzene rings is 1. The lowest BCUT2D eigenvalue weighted by atomic mass is 10.2. The third-order valence-electron chi connectivity index (χ3n) is 2.04. The van der Waals surface area contributed by atoms with Crippen LogP contribution in [0.4, 0.5) is 11.4 Å². The number of hydrogen-bond acceptors (Lipinski definition) is 4. The number of carboxylic acids is 1. The third kappa shape index (κ3) is 3.00. The van der Waals surface area contributed by atoms with Crippen LogP contribution >= 0.6 is 0 Å². The Kier molecular flexibility index (Phi) is 3.76. The average molecular weight is 238 g/mol. The minimum Gasteiger partial charge on any atom is -0.480 e. The van der Waals surface area contributed by atoms with Gasteiger partial charge in [0.05, 0.1) is 4.92 Å². The number of para-hydroxylation sites is 2. The molecule has 0 aliphatic rings. The summed E-state index contributed by atoms with van der Waals surface area (Å²) >= 11 is 0. The number of aliphatic carboxylic acids is 1. The maximum Gasteiger partial charge on any atom is 0.323 e. The van der Waals surface area contributed by atoms with Gasteiger partial charge in [-0.2, -0.15) is 0 Å². The number of anilines is 1. The molecule has 0 bridgehead atoms. The van der Waals surface area contributed by atoms with Gasteiger partial charge in [0, 0.05) is 13.0 Å². The van der Waals surface area contributed by atoms with E-state index in [9.17, 15) is 19.7 Å². The summed E-state index contributed by atoms with van der Waals surface area (Å²) in [4.78, 5) is 32.8. The van der Waals surface area contributed by atoms with Gasteiger partial charge >= 0.3 is 5.97 Å². The number of rotatable bonds is 4. The Morgan fingerprint density at radius 2 is 2.00 bits per heavy atom. The van der Waals surface area contributed by atoms with Gasteiger partial charge in [0.1, 0.15) is 12.2 Å². The van der Waals surface area contributed by atoms with Crippen LogP contribution in [0, 0.1) is 10.1 Å². The Bertz CT molecular complexity index is 472. The third-order valence-corrected chi connectivity index (χ3v) is 2.04. The molecule has 1 amide bonds. The first-order valence-electron chi connectivity index (χ1n) is 4.66. The van der Waals surface area contributed by atoms with E-state index in [-0.39, 0.29) is 11.4 Å². The molecule has 7 nitrogen and oxygen atoms in total. The number of carbonyl (C=O) groups excluding carboxylic acids is 1. The monoisotopic (exact) mass is 238 g/mol. The van der Waals surface area contributed by atoms with E-state index in [1.807, 2.05) is 0 Å². The molecule has 17 heavy (non-hydrogen) atoms. The summed E-state index contributed by atoms with van der Waals surface area (Å²) in [5, 5.41) is 19.4. The van der Waals surface area contributed by atoms with Gasteiger partial charge in [0.25, 0.3) is 5.69 Å². The normalized spacial score (nSPS) is 9.71. The predicted octanol–water partition coefficient (Wildman–Crippen LogP) is 1.03. The molecule has 0 atom stereocenters. The maximum atomic E-state index is 11.3. The van der Waals surface area contributed by atoms with Crippen LogP contribution in [0.25, 0.3) is 0 Å². The Hall–Kier alpha value is -2.44. The first-order chi connectivity index (χ1) is 7.93. The van der Waals surface area contributed by atoms with Gasteiger partial charge in [-0.15, -0.1) is 0 Å². The largest absolute Gasteiger partial charge is 0.480 e. The lowest BCUT2D eigenvalue weighted by molar-refractivity contribution is -0.384. The fraction of sp³-hybridized carbons (Fsp3) is 0.200. The van der Waals surface area contributed by atoms with E-state index in [1.165, 1.54) is 24.3 Å². The number of amides is 1. The van der Waals surface area contributed by atoms with E-state index in [1.54, 1.807) is 0 Å². The molecule has 0 fully saturated rings.